The monoisotopic (exact) mass is 288 g/mol. The Hall–Kier alpha value is -0.280. The van der Waals surface area contributed by atoms with Crippen LogP contribution in [0.15, 0.2) is 24.3 Å². The minimum atomic E-state index is 0. The van der Waals surface area contributed by atoms with Gasteiger partial charge in [-0.05, 0) is 37.6 Å². The Morgan fingerprint density at radius 1 is 1.11 bits per heavy atom. The molecule has 0 bridgehead atoms. The smallest absolute Gasteiger partial charge is 0.0241 e. The van der Waals surface area contributed by atoms with Crippen LogP contribution in [-0.2, 0) is 13.1 Å². The summed E-state index contributed by atoms with van der Waals surface area (Å²) in [6.07, 6.45) is 2.76. The quantitative estimate of drug-likeness (QED) is 0.826. The van der Waals surface area contributed by atoms with Gasteiger partial charge in [-0.25, -0.2) is 0 Å². The van der Waals surface area contributed by atoms with Crippen molar-refractivity contribution in [2.45, 2.75) is 32.0 Å². The van der Waals surface area contributed by atoms with Crippen molar-refractivity contribution >= 4 is 24.8 Å². The molecule has 18 heavy (non-hydrogen) atoms. The highest BCUT2D eigenvalue weighted by atomic mass is 35.5. The van der Waals surface area contributed by atoms with Gasteiger partial charge in [-0.1, -0.05) is 24.3 Å². The molecule has 3 rings (SSSR count). The van der Waals surface area contributed by atoms with Crippen LogP contribution in [0.5, 0.6) is 0 Å². The first-order valence-electron chi connectivity index (χ1n) is 6.32. The first kappa shape index (κ1) is 15.8. The van der Waals surface area contributed by atoms with Crippen LogP contribution in [0, 0.1) is 0 Å². The maximum Gasteiger partial charge on any atom is 0.0241 e. The molecule has 0 amide bonds. The number of rotatable bonds is 2. The van der Waals surface area contributed by atoms with E-state index in [2.05, 4.69) is 41.1 Å². The van der Waals surface area contributed by atoms with E-state index in [1.54, 1.807) is 0 Å². The average Bonchev–Trinajstić information content (AvgIpc) is 2.85. The molecular weight excluding hydrogens is 267 g/mol. The van der Waals surface area contributed by atoms with Crippen LogP contribution in [0.2, 0.25) is 0 Å². The second-order valence-corrected chi connectivity index (χ2v) is 5.21. The largest absolute Gasteiger partial charge is 0.302 e. The first-order chi connectivity index (χ1) is 7.83. The standard InChI is InChI=1S/C14H20N2.2ClH/c1-15-8-4-7-14(15)11-16-9-12-5-2-3-6-13(12)10-16;;/h2-3,5-6,14H,4,7-11H2,1H3;2*1H/t14-;;/m1../s1. The number of fused-ring (bicyclic) bond motifs is 1. The Labute approximate surface area is 122 Å². The summed E-state index contributed by atoms with van der Waals surface area (Å²) in [5.74, 6) is 0. The minimum Gasteiger partial charge on any atom is -0.302 e. The average molecular weight is 289 g/mol. The molecule has 4 heteroatoms. The zero-order chi connectivity index (χ0) is 11.0. The number of nitrogens with zero attached hydrogens (tertiary/aromatic N) is 2. The molecule has 2 nitrogen and oxygen atoms in total. The van der Waals surface area contributed by atoms with Crippen LogP contribution in [0.4, 0.5) is 0 Å². The molecular formula is C14H22Cl2N2. The zero-order valence-electron chi connectivity index (χ0n) is 10.8. The van der Waals surface area contributed by atoms with Crippen molar-refractivity contribution in [3.05, 3.63) is 35.4 Å². The van der Waals surface area contributed by atoms with Crippen molar-refractivity contribution in [2.75, 3.05) is 20.1 Å². The summed E-state index contributed by atoms with van der Waals surface area (Å²) >= 11 is 0. The summed E-state index contributed by atoms with van der Waals surface area (Å²) in [5.41, 5.74) is 3.06. The molecule has 1 aromatic carbocycles. The van der Waals surface area contributed by atoms with Crippen molar-refractivity contribution in [1.29, 1.82) is 0 Å². The molecule has 1 atom stereocenters. The van der Waals surface area contributed by atoms with Gasteiger partial charge in [0.1, 0.15) is 0 Å². The molecule has 2 heterocycles. The van der Waals surface area contributed by atoms with Gasteiger partial charge in [0.25, 0.3) is 0 Å². The minimum absolute atomic E-state index is 0. The molecule has 0 N–H and O–H groups in total. The molecule has 102 valence electrons. The highest BCUT2D eigenvalue weighted by Gasteiger charge is 2.26. The van der Waals surface area contributed by atoms with E-state index >= 15 is 0 Å². The lowest BCUT2D eigenvalue weighted by atomic mass is 10.1. The molecule has 0 unspecified atom stereocenters. The molecule has 0 spiro atoms. The molecule has 0 aliphatic carbocycles. The normalized spacial score (nSPS) is 23.3. The van der Waals surface area contributed by atoms with Gasteiger partial charge in [0.2, 0.25) is 0 Å². The lowest BCUT2D eigenvalue weighted by molar-refractivity contribution is 0.194. The van der Waals surface area contributed by atoms with Gasteiger partial charge in [-0.15, -0.1) is 24.8 Å². The first-order valence-corrected chi connectivity index (χ1v) is 6.32. The fourth-order valence-electron chi connectivity index (χ4n) is 3.04. The van der Waals surface area contributed by atoms with Crippen molar-refractivity contribution in [1.82, 2.24) is 9.80 Å². The second-order valence-electron chi connectivity index (χ2n) is 5.21. The van der Waals surface area contributed by atoms with Crippen molar-refractivity contribution < 1.29 is 0 Å². The molecule has 2 aliphatic heterocycles. The number of likely N-dealkylation sites (N-methyl/N-ethyl adjacent to an activating group) is 1. The zero-order valence-corrected chi connectivity index (χ0v) is 12.5. The van der Waals surface area contributed by atoms with E-state index in [4.69, 9.17) is 0 Å². The fraction of sp³-hybridized carbons (Fsp3) is 0.571. The van der Waals surface area contributed by atoms with Gasteiger partial charge in [0.15, 0.2) is 0 Å². The van der Waals surface area contributed by atoms with Gasteiger partial charge in [-0.2, -0.15) is 0 Å². The third-order valence-electron chi connectivity index (χ3n) is 4.05. The number of likely N-dealkylation sites (tertiary alicyclic amines) is 1. The van der Waals surface area contributed by atoms with Gasteiger partial charge in [0.05, 0.1) is 0 Å². The Balaban J connectivity index is 0.000000810. The summed E-state index contributed by atoms with van der Waals surface area (Å²) in [5, 5.41) is 0. The lowest BCUT2D eigenvalue weighted by Crippen LogP contribution is -2.36. The molecule has 0 saturated carbocycles. The van der Waals surface area contributed by atoms with Crippen LogP contribution < -0.4 is 0 Å². The molecule has 0 aromatic heterocycles. The topological polar surface area (TPSA) is 6.48 Å². The van der Waals surface area contributed by atoms with E-state index in [1.807, 2.05) is 0 Å². The van der Waals surface area contributed by atoms with Crippen LogP contribution in [-0.4, -0.2) is 36.0 Å². The summed E-state index contributed by atoms with van der Waals surface area (Å²) < 4.78 is 0. The SMILES string of the molecule is CN1CCC[C@@H]1CN1Cc2ccccc2C1.Cl.Cl. The summed E-state index contributed by atoms with van der Waals surface area (Å²) in [4.78, 5) is 5.11. The fourth-order valence-corrected chi connectivity index (χ4v) is 3.04. The van der Waals surface area contributed by atoms with Crippen LogP contribution in [0.3, 0.4) is 0 Å². The Morgan fingerprint density at radius 3 is 2.22 bits per heavy atom. The summed E-state index contributed by atoms with van der Waals surface area (Å²) in [6.45, 7) is 4.83. The van der Waals surface area contributed by atoms with Crippen molar-refractivity contribution in [2.24, 2.45) is 0 Å². The summed E-state index contributed by atoms with van der Waals surface area (Å²) in [6, 6.07) is 9.64. The van der Waals surface area contributed by atoms with E-state index in [1.165, 1.54) is 37.1 Å². The number of hydrogen-bond donors (Lipinski definition) is 0. The second kappa shape index (κ2) is 6.76. The highest BCUT2D eigenvalue weighted by Crippen LogP contribution is 2.24. The molecule has 1 aromatic rings. The predicted molar refractivity (Wildman–Crippen MR) is 80.7 cm³/mol. The molecule has 2 aliphatic rings. The number of hydrogen-bond acceptors (Lipinski definition) is 2. The van der Waals surface area contributed by atoms with Gasteiger partial charge in [0, 0.05) is 25.7 Å². The van der Waals surface area contributed by atoms with Crippen LogP contribution in [0.25, 0.3) is 0 Å². The lowest BCUT2D eigenvalue weighted by Gasteiger charge is -2.25. The van der Waals surface area contributed by atoms with E-state index in [0.717, 1.165) is 19.1 Å². The van der Waals surface area contributed by atoms with E-state index in [0.29, 0.717) is 0 Å². The molecule has 0 radical (unpaired) electrons. The molecule has 1 saturated heterocycles. The third kappa shape index (κ3) is 3.18. The van der Waals surface area contributed by atoms with Crippen LogP contribution in [0.1, 0.15) is 24.0 Å². The Kier molecular flexibility index (Phi) is 5.93. The maximum absolute atomic E-state index is 2.59. The summed E-state index contributed by atoms with van der Waals surface area (Å²) in [7, 11) is 2.26. The van der Waals surface area contributed by atoms with E-state index in [-0.39, 0.29) is 24.8 Å². The predicted octanol–water partition coefficient (Wildman–Crippen LogP) is 2.94. The van der Waals surface area contributed by atoms with E-state index < -0.39 is 0 Å². The Bertz CT molecular complexity index is 359. The van der Waals surface area contributed by atoms with Crippen LogP contribution >= 0.6 is 24.8 Å². The van der Waals surface area contributed by atoms with Crippen molar-refractivity contribution in [3.63, 3.8) is 0 Å². The van der Waals surface area contributed by atoms with Crippen molar-refractivity contribution in [3.8, 4) is 0 Å². The van der Waals surface area contributed by atoms with Gasteiger partial charge >= 0.3 is 0 Å². The van der Waals surface area contributed by atoms with Gasteiger partial charge in [-0.3, -0.25) is 4.90 Å². The molecule has 1 fully saturated rings. The van der Waals surface area contributed by atoms with E-state index in [9.17, 15) is 0 Å². The third-order valence-corrected chi connectivity index (χ3v) is 4.05. The Morgan fingerprint density at radius 2 is 1.72 bits per heavy atom. The highest BCUT2D eigenvalue weighted by molar-refractivity contribution is 5.85. The maximum atomic E-state index is 2.59. The van der Waals surface area contributed by atoms with Gasteiger partial charge < -0.3 is 4.90 Å². The number of benzene rings is 1. The number of halogens is 2.